The number of Topliss-reactive ketones (excluding diaryl/α,β-unsaturated/α-hetero) is 1. The number of carbonyl (C=O) groups excluding carboxylic acids is 1. The molecule has 2 saturated carbocycles. The first-order valence-electron chi connectivity index (χ1n) is 6.57. The molecular formula is C14H20N2O3. The van der Waals surface area contributed by atoms with Gasteiger partial charge in [-0.15, -0.1) is 0 Å². The van der Waals surface area contributed by atoms with E-state index >= 15 is 0 Å². The van der Waals surface area contributed by atoms with Crippen molar-refractivity contribution in [1.29, 1.82) is 0 Å². The normalized spacial score (nSPS) is 34.6. The molecule has 2 aliphatic rings. The van der Waals surface area contributed by atoms with E-state index in [2.05, 4.69) is 4.99 Å². The van der Waals surface area contributed by atoms with Gasteiger partial charge in [-0.1, -0.05) is 0 Å². The number of aliphatic carboxylic acids is 1. The Kier molecular flexibility index (Phi) is 3.24. The second-order valence-corrected chi connectivity index (χ2v) is 5.82. The van der Waals surface area contributed by atoms with Crippen molar-refractivity contribution < 1.29 is 14.7 Å². The highest BCUT2D eigenvalue weighted by molar-refractivity contribution is 6.18. The van der Waals surface area contributed by atoms with Gasteiger partial charge in [0.2, 0.25) is 0 Å². The van der Waals surface area contributed by atoms with Crippen LogP contribution in [0.1, 0.15) is 46.0 Å². The zero-order valence-corrected chi connectivity index (χ0v) is 11.4. The average Bonchev–Trinajstić information content (AvgIpc) is 2.85. The number of carboxylic acid groups (broad SMARTS) is 1. The predicted octanol–water partition coefficient (Wildman–Crippen LogP) is 1.67. The first kappa shape index (κ1) is 13.8. The van der Waals surface area contributed by atoms with E-state index in [1.54, 1.807) is 13.8 Å². The van der Waals surface area contributed by atoms with Crippen LogP contribution < -0.4 is 5.73 Å². The molecule has 3 N–H and O–H groups in total. The molecular weight excluding hydrogens is 244 g/mol. The summed E-state index contributed by atoms with van der Waals surface area (Å²) in [4.78, 5) is 27.4. The van der Waals surface area contributed by atoms with Gasteiger partial charge in [0, 0.05) is 17.3 Å². The van der Waals surface area contributed by atoms with Crippen LogP contribution in [0.2, 0.25) is 0 Å². The average molecular weight is 264 g/mol. The quantitative estimate of drug-likeness (QED) is 0.596. The van der Waals surface area contributed by atoms with Crippen molar-refractivity contribution in [3.05, 3.63) is 11.8 Å². The summed E-state index contributed by atoms with van der Waals surface area (Å²) in [6, 6.07) is 0. The molecule has 2 fully saturated rings. The molecule has 0 saturated heterocycles. The SMILES string of the molecule is CC(=O)C12CCC(N=C(C)C(=CN)C(=O)O)(CC1)C2. The fourth-order valence-corrected chi connectivity index (χ4v) is 3.57. The lowest BCUT2D eigenvalue weighted by Gasteiger charge is -2.24. The molecule has 0 aromatic heterocycles. The molecule has 0 aliphatic heterocycles. The Morgan fingerprint density at radius 3 is 2.16 bits per heavy atom. The molecule has 5 nitrogen and oxygen atoms in total. The summed E-state index contributed by atoms with van der Waals surface area (Å²) in [6.45, 7) is 3.33. The van der Waals surface area contributed by atoms with Crippen LogP contribution in [0.15, 0.2) is 16.8 Å². The maximum absolute atomic E-state index is 11.8. The van der Waals surface area contributed by atoms with Crippen LogP contribution in [0.5, 0.6) is 0 Å². The maximum atomic E-state index is 11.8. The Labute approximate surface area is 112 Å². The van der Waals surface area contributed by atoms with E-state index in [-0.39, 0.29) is 22.3 Å². The van der Waals surface area contributed by atoms with E-state index < -0.39 is 5.97 Å². The van der Waals surface area contributed by atoms with Crippen LogP contribution >= 0.6 is 0 Å². The largest absolute Gasteiger partial charge is 0.478 e. The molecule has 0 aromatic carbocycles. The van der Waals surface area contributed by atoms with E-state index in [0.717, 1.165) is 38.3 Å². The molecule has 0 radical (unpaired) electrons. The van der Waals surface area contributed by atoms with Crippen LogP contribution in [0.4, 0.5) is 0 Å². The number of nitrogens with two attached hydrogens (primary N) is 1. The highest BCUT2D eigenvalue weighted by Crippen LogP contribution is 2.58. The summed E-state index contributed by atoms with van der Waals surface area (Å²) in [6.07, 6.45) is 5.30. The number of aliphatic imine (C=N–C) groups is 1. The Morgan fingerprint density at radius 1 is 1.21 bits per heavy atom. The van der Waals surface area contributed by atoms with Crippen molar-refractivity contribution in [1.82, 2.24) is 0 Å². The van der Waals surface area contributed by atoms with Crippen molar-refractivity contribution in [2.75, 3.05) is 0 Å². The molecule has 104 valence electrons. The molecule has 0 aromatic rings. The zero-order chi connectivity index (χ0) is 14.3. The summed E-state index contributed by atoms with van der Waals surface area (Å²) in [7, 11) is 0. The molecule has 2 bridgehead atoms. The van der Waals surface area contributed by atoms with E-state index in [4.69, 9.17) is 10.8 Å². The summed E-state index contributed by atoms with van der Waals surface area (Å²) >= 11 is 0. The van der Waals surface area contributed by atoms with Crippen molar-refractivity contribution >= 4 is 17.5 Å². The number of hydrogen-bond acceptors (Lipinski definition) is 4. The van der Waals surface area contributed by atoms with Crippen LogP contribution in [-0.2, 0) is 9.59 Å². The third-order valence-electron chi connectivity index (χ3n) is 4.74. The van der Waals surface area contributed by atoms with Crippen molar-refractivity contribution in [2.45, 2.75) is 51.5 Å². The summed E-state index contributed by atoms with van der Waals surface area (Å²) in [5.74, 6) is -0.818. The van der Waals surface area contributed by atoms with Crippen molar-refractivity contribution in [2.24, 2.45) is 16.1 Å². The summed E-state index contributed by atoms with van der Waals surface area (Å²) in [5.41, 5.74) is 5.38. The van der Waals surface area contributed by atoms with Gasteiger partial charge in [-0.2, -0.15) is 0 Å². The lowest BCUT2D eigenvalue weighted by molar-refractivity contribution is -0.132. The van der Waals surface area contributed by atoms with Crippen molar-refractivity contribution in [3.63, 3.8) is 0 Å². The fraction of sp³-hybridized carbons (Fsp3) is 0.643. The Balaban J connectivity index is 2.26. The number of rotatable bonds is 4. The smallest absolute Gasteiger partial charge is 0.339 e. The maximum Gasteiger partial charge on any atom is 0.339 e. The second-order valence-electron chi connectivity index (χ2n) is 5.82. The topological polar surface area (TPSA) is 92.8 Å². The third kappa shape index (κ3) is 2.17. The van der Waals surface area contributed by atoms with Crippen LogP contribution in [0.25, 0.3) is 0 Å². The van der Waals surface area contributed by atoms with Gasteiger partial charge in [-0.3, -0.25) is 9.79 Å². The van der Waals surface area contributed by atoms with Gasteiger partial charge < -0.3 is 10.8 Å². The van der Waals surface area contributed by atoms with E-state index in [9.17, 15) is 9.59 Å². The van der Waals surface area contributed by atoms with E-state index in [0.29, 0.717) is 5.71 Å². The predicted molar refractivity (Wildman–Crippen MR) is 71.9 cm³/mol. The standard InChI is InChI=1S/C14H20N2O3/c1-9(11(7-15)12(18)19)16-14-5-3-13(8-14,4-6-14)10(2)17/h7H,3-6,8,15H2,1-2H3,(H,18,19). The number of carbonyl (C=O) groups is 2. The Morgan fingerprint density at radius 2 is 1.79 bits per heavy atom. The molecule has 0 atom stereocenters. The van der Waals surface area contributed by atoms with Gasteiger partial charge in [0.25, 0.3) is 0 Å². The van der Waals surface area contributed by atoms with Crippen LogP contribution in [0, 0.1) is 5.41 Å². The minimum absolute atomic E-state index is 0.0431. The van der Waals surface area contributed by atoms with E-state index in [1.165, 1.54) is 0 Å². The fourth-order valence-electron chi connectivity index (χ4n) is 3.57. The Bertz CT molecular complexity index is 483. The van der Waals surface area contributed by atoms with Gasteiger partial charge in [0.15, 0.2) is 0 Å². The van der Waals surface area contributed by atoms with Gasteiger partial charge in [0.1, 0.15) is 5.78 Å². The summed E-state index contributed by atoms with van der Waals surface area (Å²) in [5, 5.41) is 9.04. The number of nitrogens with zero attached hydrogens (tertiary/aromatic N) is 1. The zero-order valence-electron chi connectivity index (χ0n) is 11.4. The summed E-state index contributed by atoms with van der Waals surface area (Å²) < 4.78 is 0. The lowest BCUT2D eigenvalue weighted by Crippen LogP contribution is -2.23. The molecule has 0 unspecified atom stereocenters. The molecule has 0 amide bonds. The highest BCUT2D eigenvalue weighted by Gasteiger charge is 2.56. The number of carboxylic acids is 1. The Hall–Kier alpha value is -1.65. The number of hydrogen-bond donors (Lipinski definition) is 2. The van der Waals surface area contributed by atoms with Gasteiger partial charge in [-0.05, 0) is 46.0 Å². The molecule has 19 heavy (non-hydrogen) atoms. The van der Waals surface area contributed by atoms with Crippen molar-refractivity contribution in [3.8, 4) is 0 Å². The minimum atomic E-state index is -1.06. The lowest BCUT2D eigenvalue weighted by atomic mass is 9.81. The van der Waals surface area contributed by atoms with Gasteiger partial charge >= 0.3 is 5.97 Å². The molecule has 0 heterocycles. The molecule has 5 heteroatoms. The monoisotopic (exact) mass is 264 g/mol. The number of ketones is 1. The molecule has 0 spiro atoms. The number of fused-ring (bicyclic) bond motifs is 2. The third-order valence-corrected chi connectivity index (χ3v) is 4.74. The van der Waals surface area contributed by atoms with Gasteiger partial charge in [-0.25, -0.2) is 4.79 Å². The van der Waals surface area contributed by atoms with Crippen LogP contribution in [-0.4, -0.2) is 28.1 Å². The molecule has 2 aliphatic carbocycles. The van der Waals surface area contributed by atoms with Crippen LogP contribution in [0.3, 0.4) is 0 Å². The molecule has 2 rings (SSSR count). The highest BCUT2D eigenvalue weighted by atomic mass is 16.4. The minimum Gasteiger partial charge on any atom is -0.478 e. The van der Waals surface area contributed by atoms with E-state index in [1.807, 2.05) is 0 Å². The van der Waals surface area contributed by atoms with Gasteiger partial charge in [0.05, 0.1) is 11.1 Å². The first-order chi connectivity index (χ1) is 8.84. The second kappa shape index (κ2) is 4.47. The first-order valence-corrected chi connectivity index (χ1v) is 6.57.